The van der Waals surface area contributed by atoms with Crippen LogP contribution in [0.3, 0.4) is 0 Å². The Bertz CT molecular complexity index is 1570. The molecule has 2 aliphatic rings. The minimum Gasteiger partial charge on any atom is -0.480 e. The van der Waals surface area contributed by atoms with Gasteiger partial charge in [0.25, 0.3) is 0 Å². The van der Waals surface area contributed by atoms with Gasteiger partial charge in [0.05, 0.1) is 23.1 Å². The van der Waals surface area contributed by atoms with E-state index < -0.39 is 28.1 Å². The molecule has 2 heterocycles. The molecule has 0 saturated carbocycles. The van der Waals surface area contributed by atoms with Gasteiger partial charge in [0.2, 0.25) is 0 Å². The first kappa shape index (κ1) is 36.2. The van der Waals surface area contributed by atoms with Gasteiger partial charge in [-0.15, -0.1) is 0 Å². The lowest BCUT2D eigenvalue weighted by Crippen LogP contribution is -2.55. The molecule has 2 aliphatic heterocycles. The van der Waals surface area contributed by atoms with Crippen molar-refractivity contribution < 1.29 is 28.2 Å². The third-order valence-corrected chi connectivity index (χ3v) is 9.00. The molecule has 1 saturated heterocycles. The van der Waals surface area contributed by atoms with E-state index in [0.717, 1.165) is 16.9 Å². The zero-order valence-electron chi connectivity index (χ0n) is 24.7. The van der Waals surface area contributed by atoms with Gasteiger partial charge >= 0.3 is 5.97 Å². The fourth-order valence-corrected chi connectivity index (χ4v) is 7.07. The van der Waals surface area contributed by atoms with E-state index >= 15 is 0 Å². The summed E-state index contributed by atoms with van der Waals surface area (Å²) in [5.74, 6) is -0.323. The quantitative estimate of drug-likeness (QED) is 0.255. The van der Waals surface area contributed by atoms with Crippen molar-refractivity contribution in [3.63, 3.8) is 0 Å². The lowest BCUT2D eigenvalue weighted by molar-refractivity contribution is -0.139. The molecule has 0 radical (unpaired) electrons. The van der Waals surface area contributed by atoms with Gasteiger partial charge < -0.3 is 25.6 Å². The van der Waals surface area contributed by atoms with Gasteiger partial charge in [0.1, 0.15) is 5.75 Å². The molecule has 4 N–H and O–H groups in total. The number of amidine groups is 1. The van der Waals surface area contributed by atoms with Crippen molar-refractivity contribution in [3.05, 3.63) is 111 Å². The molecule has 1 unspecified atom stereocenters. The fourth-order valence-electron chi connectivity index (χ4n) is 4.19. The number of carbonyl (C=O) groups is 1. The van der Waals surface area contributed by atoms with Gasteiger partial charge in [0.15, 0.2) is 27.3 Å². The normalized spacial score (nSPS) is 20.2. The molecule has 1 fully saturated rings. The SMILES string of the molecule is CNC.O=C(O)COc1ccc(Cl)cc1Cl.O=S1(=O)C/C(=C\c2ccccc2)C(O)(NC2=NCCS2)/C(=C\c2ccccc2)C1. The molecular formula is C32H35Cl2N3O6S2. The Hall–Kier alpha value is -3.32. The molecule has 0 aliphatic carbocycles. The van der Waals surface area contributed by atoms with Gasteiger partial charge in [-0.05, 0) is 55.6 Å². The molecule has 3 aromatic carbocycles. The van der Waals surface area contributed by atoms with Gasteiger partial charge in [-0.25, -0.2) is 13.2 Å². The molecule has 9 nitrogen and oxygen atoms in total. The van der Waals surface area contributed by atoms with Gasteiger partial charge in [-0.3, -0.25) is 4.99 Å². The van der Waals surface area contributed by atoms with E-state index in [0.29, 0.717) is 38.7 Å². The highest BCUT2D eigenvalue weighted by Crippen LogP contribution is 2.35. The largest absolute Gasteiger partial charge is 0.480 e. The van der Waals surface area contributed by atoms with E-state index in [-0.39, 0.29) is 11.5 Å². The number of hydrogen-bond donors (Lipinski definition) is 4. The summed E-state index contributed by atoms with van der Waals surface area (Å²) in [4.78, 5) is 14.6. The van der Waals surface area contributed by atoms with Crippen molar-refractivity contribution >= 4 is 68.1 Å². The molecule has 45 heavy (non-hydrogen) atoms. The summed E-state index contributed by atoms with van der Waals surface area (Å²) in [5.41, 5.74) is 0.840. The number of hydrogen-bond acceptors (Lipinski definition) is 9. The van der Waals surface area contributed by atoms with Crippen LogP contribution in [0.25, 0.3) is 12.2 Å². The molecule has 3 aromatic rings. The molecule has 0 spiro atoms. The van der Waals surface area contributed by atoms with Crippen LogP contribution in [-0.2, 0) is 14.6 Å². The van der Waals surface area contributed by atoms with Gasteiger partial charge in [-0.2, -0.15) is 0 Å². The summed E-state index contributed by atoms with van der Waals surface area (Å²) in [5, 5.41) is 27.4. The van der Waals surface area contributed by atoms with Crippen LogP contribution >= 0.6 is 35.0 Å². The van der Waals surface area contributed by atoms with Crippen LogP contribution in [0.2, 0.25) is 10.0 Å². The summed E-state index contributed by atoms with van der Waals surface area (Å²) in [6.07, 6.45) is 3.51. The summed E-state index contributed by atoms with van der Waals surface area (Å²) >= 11 is 12.9. The number of aliphatic carboxylic acids is 1. The molecule has 5 rings (SSSR count). The standard InChI is InChI=1S/C22H22N2O3S2.C8H6Cl2O3.C2H7N/c25-22(24-21-23-11-12-28-21)19(13-17-7-3-1-4-8-17)15-29(26,27)16-20(22)14-18-9-5-2-6-10-18;9-5-1-2-7(6(10)3-5)13-4-8(11)12;1-3-2/h1-10,13-14,25H,11-12,15-16H2,(H,23,24);1-3H,4H2,(H,11,12);3H,1-2H3/b19-13-,20-14+;;. The number of aliphatic imine (C=N–C) groups is 1. The number of carboxylic acid groups (broad SMARTS) is 1. The molecule has 240 valence electrons. The van der Waals surface area contributed by atoms with Crippen molar-refractivity contribution in [2.24, 2.45) is 4.99 Å². The first-order valence-electron chi connectivity index (χ1n) is 13.7. The second kappa shape index (κ2) is 17.4. The van der Waals surface area contributed by atoms with Crippen LogP contribution in [0.4, 0.5) is 0 Å². The lowest BCUT2D eigenvalue weighted by Gasteiger charge is -2.38. The number of benzene rings is 3. The summed E-state index contributed by atoms with van der Waals surface area (Å²) < 4.78 is 30.3. The predicted molar refractivity (Wildman–Crippen MR) is 185 cm³/mol. The maximum atomic E-state index is 12.7. The van der Waals surface area contributed by atoms with E-state index in [1.807, 2.05) is 74.8 Å². The molecular weight excluding hydrogens is 657 g/mol. The second-order valence-corrected chi connectivity index (χ2v) is 13.8. The number of ether oxygens (including phenoxy) is 1. The maximum absolute atomic E-state index is 12.7. The van der Waals surface area contributed by atoms with Crippen LogP contribution in [0.5, 0.6) is 5.75 Å². The third kappa shape index (κ3) is 11.5. The Labute approximate surface area is 277 Å². The Morgan fingerprint density at radius 1 is 0.978 bits per heavy atom. The zero-order chi connectivity index (χ0) is 32.9. The Balaban J connectivity index is 0.000000288. The molecule has 0 bridgehead atoms. The van der Waals surface area contributed by atoms with Crippen LogP contribution in [0.15, 0.2) is 95.0 Å². The Morgan fingerprint density at radius 3 is 1.96 bits per heavy atom. The summed E-state index contributed by atoms with van der Waals surface area (Å²) in [6.45, 7) is 0.262. The van der Waals surface area contributed by atoms with Crippen molar-refractivity contribution in [2.45, 2.75) is 5.72 Å². The monoisotopic (exact) mass is 691 g/mol. The molecule has 1 atom stereocenters. The number of aliphatic hydroxyl groups is 1. The highest BCUT2D eigenvalue weighted by molar-refractivity contribution is 8.14. The Morgan fingerprint density at radius 2 is 1.51 bits per heavy atom. The van der Waals surface area contributed by atoms with E-state index in [4.69, 9.17) is 33.0 Å². The minimum atomic E-state index is -3.41. The lowest BCUT2D eigenvalue weighted by atomic mass is 9.92. The Kier molecular flexibility index (Phi) is 14.0. The first-order valence-corrected chi connectivity index (χ1v) is 17.3. The zero-order valence-corrected chi connectivity index (χ0v) is 27.9. The average molecular weight is 693 g/mol. The number of carboxylic acids is 1. The summed E-state index contributed by atoms with van der Waals surface area (Å²) in [7, 11) is 0.341. The van der Waals surface area contributed by atoms with Crippen LogP contribution in [-0.4, -0.2) is 80.0 Å². The number of halogens is 2. The van der Waals surface area contributed by atoms with Crippen molar-refractivity contribution in [1.82, 2.24) is 10.6 Å². The number of nitrogens with zero attached hydrogens (tertiary/aromatic N) is 1. The molecule has 0 aromatic heterocycles. The van der Waals surface area contributed by atoms with Gasteiger partial charge in [0, 0.05) is 21.9 Å². The predicted octanol–water partition coefficient (Wildman–Crippen LogP) is 5.26. The van der Waals surface area contributed by atoms with E-state index in [2.05, 4.69) is 15.6 Å². The van der Waals surface area contributed by atoms with E-state index in [1.54, 1.807) is 18.2 Å². The fraction of sp³-hybridized carbons (Fsp3) is 0.250. The topological polar surface area (TPSA) is 137 Å². The minimum absolute atomic E-state index is 0.213. The highest BCUT2D eigenvalue weighted by atomic mass is 35.5. The van der Waals surface area contributed by atoms with E-state index in [9.17, 15) is 18.3 Å². The van der Waals surface area contributed by atoms with Crippen LogP contribution < -0.4 is 15.4 Å². The van der Waals surface area contributed by atoms with E-state index in [1.165, 1.54) is 23.9 Å². The van der Waals surface area contributed by atoms with Gasteiger partial charge in [-0.1, -0.05) is 95.6 Å². The molecule has 0 amide bonds. The number of nitrogens with one attached hydrogen (secondary N) is 2. The first-order chi connectivity index (χ1) is 21.5. The van der Waals surface area contributed by atoms with Crippen LogP contribution in [0.1, 0.15) is 11.1 Å². The smallest absolute Gasteiger partial charge is 0.341 e. The maximum Gasteiger partial charge on any atom is 0.341 e. The summed E-state index contributed by atoms with van der Waals surface area (Å²) in [6, 6.07) is 23.5. The second-order valence-electron chi connectivity index (χ2n) is 9.82. The third-order valence-electron chi connectivity index (χ3n) is 6.08. The van der Waals surface area contributed by atoms with Crippen molar-refractivity contribution in [3.8, 4) is 5.75 Å². The number of thioether (sulfide) groups is 1. The number of sulfone groups is 1. The number of rotatable bonds is 6. The van der Waals surface area contributed by atoms with Crippen LogP contribution in [0, 0.1) is 0 Å². The van der Waals surface area contributed by atoms with Crippen molar-refractivity contribution in [2.75, 3.05) is 44.5 Å². The molecule has 13 heteroatoms. The highest BCUT2D eigenvalue weighted by Gasteiger charge is 2.45. The van der Waals surface area contributed by atoms with Crippen molar-refractivity contribution in [1.29, 1.82) is 0 Å². The average Bonchev–Trinajstić information content (AvgIpc) is 3.50.